The number of nitrogens with zero attached hydrogens (tertiary/aromatic N) is 5. The van der Waals surface area contributed by atoms with Crippen LogP contribution in [0.3, 0.4) is 0 Å². The molecule has 128 valence electrons. The van der Waals surface area contributed by atoms with Crippen molar-refractivity contribution < 1.29 is 9.53 Å². The van der Waals surface area contributed by atoms with E-state index in [9.17, 15) is 4.79 Å². The van der Waals surface area contributed by atoms with Crippen LogP contribution in [0.1, 0.15) is 44.6 Å². The smallest absolute Gasteiger partial charge is 0.232 e. The van der Waals surface area contributed by atoms with Crippen molar-refractivity contribution in [3.8, 4) is 0 Å². The van der Waals surface area contributed by atoms with Crippen LogP contribution < -0.4 is 0 Å². The summed E-state index contributed by atoms with van der Waals surface area (Å²) in [5.41, 5.74) is 0.871. The predicted octanol–water partition coefficient (Wildman–Crippen LogP) is 1.92. The zero-order valence-electron chi connectivity index (χ0n) is 14.3. The summed E-state index contributed by atoms with van der Waals surface area (Å²) in [5, 5.41) is 12.4. The number of hydrogen-bond acceptors (Lipinski definition) is 5. The first-order valence-corrected chi connectivity index (χ1v) is 8.17. The second-order valence-corrected chi connectivity index (χ2v) is 6.96. The molecule has 0 radical (unpaired) electrons. The van der Waals surface area contributed by atoms with Crippen LogP contribution in [-0.4, -0.2) is 44.4 Å². The molecule has 0 saturated carbocycles. The molecule has 3 rings (SSSR count). The third-order valence-corrected chi connectivity index (χ3v) is 4.01. The van der Waals surface area contributed by atoms with E-state index in [0.717, 1.165) is 12.0 Å². The van der Waals surface area contributed by atoms with E-state index in [4.69, 9.17) is 4.74 Å². The molecule has 1 aromatic carbocycles. The molecular weight excluding hydrogens is 306 g/mol. The fourth-order valence-corrected chi connectivity index (χ4v) is 2.71. The summed E-state index contributed by atoms with van der Waals surface area (Å²) < 4.78 is 5.50. The number of aromatic nitrogens is 4. The van der Waals surface area contributed by atoms with Crippen molar-refractivity contribution >= 4 is 5.91 Å². The molecule has 1 aromatic heterocycles. The second-order valence-electron chi connectivity index (χ2n) is 6.96. The molecule has 1 aliphatic rings. The molecule has 24 heavy (non-hydrogen) atoms. The van der Waals surface area contributed by atoms with Gasteiger partial charge in [0.15, 0.2) is 5.82 Å². The average Bonchev–Trinajstić information content (AvgIpc) is 3.04. The Bertz CT molecular complexity index is 693. The molecule has 1 saturated heterocycles. The first-order valence-electron chi connectivity index (χ1n) is 8.17. The molecule has 7 heteroatoms. The van der Waals surface area contributed by atoms with Gasteiger partial charge in [0.05, 0.1) is 24.6 Å². The van der Waals surface area contributed by atoms with Gasteiger partial charge in [-0.05, 0) is 38.0 Å². The molecule has 2 aromatic rings. The Kier molecular flexibility index (Phi) is 4.62. The number of carbonyl (C=O) groups is 1. The summed E-state index contributed by atoms with van der Waals surface area (Å²) in [6, 6.07) is 10.1. The number of tetrazole rings is 1. The molecule has 0 bridgehead atoms. The highest BCUT2D eigenvalue weighted by molar-refractivity contribution is 5.78. The minimum atomic E-state index is -0.255. The van der Waals surface area contributed by atoms with E-state index >= 15 is 0 Å². The van der Waals surface area contributed by atoms with E-state index in [1.54, 1.807) is 4.90 Å². The Labute approximate surface area is 141 Å². The summed E-state index contributed by atoms with van der Waals surface area (Å²) in [7, 11) is 0. The predicted molar refractivity (Wildman–Crippen MR) is 88.0 cm³/mol. The van der Waals surface area contributed by atoms with Gasteiger partial charge in [-0.15, -0.1) is 10.2 Å². The van der Waals surface area contributed by atoms with Crippen LogP contribution in [0.5, 0.6) is 0 Å². The van der Waals surface area contributed by atoms with E-state index in [2.05, 4.69) is 15.4 Å². The Hall–Kier alpha value is -2.28. The molecular formula is C17H23N5O2. The van der Waals surface area contributed by atoms with Gasteiger partial charge in [-0.3, -0.25) is 4.79 Å². The van der Waals surface area contributed by atoms with Crippen LogP contribution in [0.2, 0.25) is 0 Å². The van der Waals surface area contributed by atoms with Gasteiger partial charge in [0.25, 0.3) is 0 Å². The number of rotatable bonds is 3. The molecule has 7 nitrogen and oxygen atoms in total. The van der Waals surface area contributed by atoms with Crippen molar-refractivity contribution in [2.75, 3.05) is 13.3 Å². The van der Waals surface area contributed by atoms with Crippen molar-refractivity contribution in [2.45, 2.75) is 45.2 Å². The van der Waals surface area contributed by atoms with Gasteiger partial charge in [0, 0.05) is 0 Å². The first-order chi connectivity index (χ1) is 11.4. The highest BCUT2D eigenvalue weighted by Crippen LogP contribution is 2.28. The molecule has 1 amide bonds. The Morgan fingerprint density at radius 1 is 1.29 bits per heavy atom. The molecule has 1 atom stereocenters. The number of hydrogen-bond donors (Lipinski definition) is 0. The fourth-order valence-electron chi connectivity index (χ4n) is 2.71. The largest absolute Gasteiger partial charge is 0.361 e. The van der Waals surface area contributed by atoms with E-state index in [1.807, 2.05) is 51.1 Å². The maximum absolute atomic E-state index is 12.7. The zero-order chi connectivity index (χ0) is 17.2. The molecule has 0 spiro atoms. The third-order valence-electron chi connectivity index (χ3n) is 4.01. The first kappa shape index (κ1) is 16.6. The fraction of sp³-hybridized carbons (Fsp3) is 0.529. The lowest BCUT2D eigenvalue weighted by molar-refractivity contribution is -0.146. The zero-order valence-corrected chi connectivity index (χ0v) is 14.3. The molecule has 0 N–H and O–H groups in total. The van der Waals surface area contributed by atoms with Gasteiger partial charge < -0.3 is 9.64 Å². The monoisotopic (exact) mass is 329 g/mol. The highest BCUT2D eigenvalue weighted by atomic mass is 16.5. The molecule has 1 unspecified atom stereocenters. The number of ether oxygens (including phenoxy) is 1. The van der Waals surface area contributed by atoms with Gasteiger partial charge in [-0.2, -0.15) is 4.80 Å². The summed E-state index contributed by atoms with van der Waals surface area (Å²) in [6.07, 6.45) is 0.917. The molecule has 0 aliphatic carbocycles. The summed E-state index contributed by atoms with van der Waals surface area (Å²) >= 11 is 0. The Morgan fingerprint density at radius 3 is 2.71 bits per heavy atom. The van der Waals surface area contributed by atoms with Crippen LogP contribution in [0, 0.1) is 0 Å². The minimum Gasteiger partial charge on any atom is -0.361 e. The number of carbonyl (C=O) groups excluding carboxylic acids is 1. The quantitative estimate of drug-likeness (QED) is 0.860. The second kappa shape index (κ2) is 6.68. The number of benzene rings is 1. The third kappa shape index (κ3) is 3.62. The lowest BCUT2D eigenvalue weighted by atomic mass is 10.0. The standard InChI is InChI=1S/C17H23N5O2/c1-17(2,3)22-19-15(18-20-22)11-16(23)21-12-24-10-9-14(21)13-7-5-4-6-8-13/h4-8,14H,9-12H2,1-3H3. The van der Waals surface area contributed by atoms with E-state index in [1.165, 1.54) is 4.80 Å². The molecule has 2 heterocycles. The molecule has 1 aliphatic heterocycles. The summed E-state index contributed by atoms with van der Waals surface area (Å²) in [4.78, 5) is 16.0. The van der Waals surface area contributed by atoms with Crippen LogP contribution in [0.15, 0.2) is 30.3 Å². The van der Waals surface area contributed by atoms with Gasteiger partial charge in [-0.1, -0.05) is 30.3 Å². The Morgan fingerprint density at radius 2 is 2.04 bits per heavy atom. The maximum Gasteiger partial charge on any atom is 0.232 e. The van der Waals surface area contributed by atoms with Crippen LogP contribution in [0.25, 0.3) is 0 Å². The van der Waals surface area contributed by atoms with Crippen molar-refractivity contribution in [3.05, 3.63) is 41.7 Å². The van der Waals surface area contributed by atoms with Crippen LogP contribution in [-0.2, 0) is 21.5 Å². The summed E-state index contributed by atoms with van der Waals surface area (Å²) in [5.74, 6) is 0.393. The lowest BCUT2D eigenvalue weighted by Gasteiger charge is -2.35. The van der Waals surface area contributed by atoms with E-state index < -0.39 is 0 Å². The van der Waals surface area contributed by atoms with Crippen molar-refractivity contribution in [3.63, 3.8) is 0 Å². The van der Waals surface area contributed by atoms with Crippen molar-refractivity contribution in [1.29, 1.82) is 0 Å². The van der Waals surface area contributed by atoms with Gasteiger partial charge >= 0.3 is 0 Å². The van der Waals surface area contributed by atoms with E-state index in [-0.39, 0.29) is 23.9 Å². The summed E-state index contributed by atoms with van der Waals surface area (Å²) in [6.45, 7) is 6.92. The van der Waals surface area contributed by atoms with Crippen molar-refractivity contribution in [2.24, 2.45) is 0 Å². The number of amides is 1. The average molecular weight is 329 g/mol. The van der Waals surface area contributed by atoms with Gasteiger partial charge in [0.2, 0.25) is 5.91 Å². The SMILES string of the molecule is CC(C)(C)n1nnc(CC(=O)N2COCCC2c2ccccc2)n1. The normalized spacial score (nSPS) is 18.6. The van der Waals surface area contributed by atoms with Crippen LogP contribution in [0.4, 0.5) is 0 Å². The lowest BCUT2D eigenvalue weighted by Crippen LogP contribution is -2.41. The van der Waals surface area contributed by atoms with Crippen LogP contribution >= 0.6 is 0 Å². The van der Waals surface area contributed by atoms with E-state index in [0.29, 0.717) is 19.2 Å². The highest BCUT2D eigenvalue weighted by Gasteiger charge is 2.29. The minimum absolute atomic E-state index is 0.0325. The topological polar surface area (TPSA) is 73.1 Å². The Balaban J connectivity index is 1.74. The van der Waals surface area contributed by atoms with Gasteiger partial charge in [0.1, 0.15) is 6.73 Å². The van der Waals surface area contributed by atoms with Gasteiger partial charge in [-0.25, -0.2) is 0 Å². The molecule has 1 fully saturated rings. The van der Waals surface area contributed by atoms with Crippen molar-refractivity contribution in [1.82, 2.24) is 25.1 Å². The maximum atomic E-state index is 12.7.